The summed E-state index contributed by atoms with van der Waals surface area (Å²) in [6.45, 7) is 2.17. The van der Waals surface area contributed by atoms with Crippen molar-refractivity contribution in [2.75, 3.05) is 11.1 Å². The van der Waals surface area contributed by atoms with Gasteiger partial charge in [0.1, 0.15) is 11.5 Å². The van der Waals surface area contributed by atoms with E-state index in [1.54, 1.807) is 48.8 Å². The second-order valence-corrected chi connectivity index (χ2v) is 8.55. The maximum Gasteiger partial charge on any atom is 0.251 e. The van der Waals surface area contributed by atoms with Gasteiger partial charge in [0.2, 0.25) is 5.91 Å². The molecule has 4 rings (SSSR count). The van der Waals surface area contributed by atoms with Crippen LogP contribution < -0.4 is 10.6 Å². The van der Waals surface area contributed by atoms with Crippen LogP contribution in [0.2, 0.25) is 5.02 Å². The number of hydrogen-bond donors (Lipinski definition) is 2. The number of benzene rings is 2. The van der Waals surface area contributed by atoms with Crippen molar-refractivity contribution >= 4 is 40.9 Å². The van der Waals surface area contributed by atoms with Crippen molar-refractivity contribution in [1.82, 2.24) is 14.9 Å². The molecule has 0 aliphatic heterocycles. The zero-order chi connectivity index (χ0) is 23.2. The molecular weight excluding hydrogens is 460 g/mol. The second kappa shape index (κ2) is 10.4. The van der Waals surface area contributed by atoms with E-state index in [9.17, 15) is 9.59 Å². The Balaban J connectivity index is 1.39. The van der Waals surface area contributed by atoms with Gasteiger partial charge < -0.3 is 15.1 Å². The molecule has 0 fully saturated rings. The summed E-state index contributed by atoms with van der Waals surface area (Å²) in [5.74, 6) is 1.29. The van der Waals surface area contributed by atoms with Crippen LogP contribution in [0.4, 0.5) is 5.69 Å². The smallest absolute Gasteiger partial charge is 0.251 e. The summed E-state index contributed by atoms with van der Waals surface area (Å²) in [5.41, 5.74) is 1.92. The van der Waals surface area contributed by atoms with Crippen LogP contribution in [0.1, 0.15) is 21.9 Å². The molecule has 0 saturated heterocycles. The van der Waals surface area contributed by atoms with Gasteiger partial charge in [-0.25, -0.2) is 4.98 Å². The monoisotopic (exact) mass is 480 g/mol. The number of amides is 2. The third-order valence-electron chi connectivity index (χ3n) is 4.65. The van der Waals surface area contributed by atoms with Crippen molar-refractivity contribution in [2.24, 2.45) is 0 Å². The maximum atomic E-state index is 12.6. The average Bonchev–Trinajstić information content (AvgIpc) is 3.45. The van der Waals surface area contributed by atoms with Gasteiger partial charge in [-0.05, 0) is 55.5 Å². The summed E-state index contributed by atoms with van der Waals surface area (Å²) in [7, 11) is 0. The van der Waals surface area contributed by atoms with Crippen molar-refractivity contribution in [3.63, 3.8) is 0 Å². The molecule has 2 aromatic heterocycles. The van der Waals surface area contributed by atoms with Crippen LogP contribution in [0.25, 0.3) is 5.69 Å². The summed E-state index contributed by atoms with van der Waals surface area (Å²) < 4.78 is 7.33. The summed E-state index contributed by atoms with van der Waals surface area (Å²) in [6, 6.07) is 17.9. The van der Waals surface area contributed by atoms with E-state index in [2.05, 4.69) is 15.6 Å². The molecule has 0 aliphatic rings. The normalized spacial score (nSPS) is 10.7. The van der Waals surface area contributed by atoms with Gasteiger partial charge in [0.05, 0.1) is 12.3 Å². The van der Waals surface area contributed by atoms with Gasteiger partial charge in [0.15, 0.2) is 5.16 Å². The standard InChI is InChI=1S/C24H21ClN4O3S/c1-16-8-9-21(32-16)14-27-23(31)17-4-2-7-20(12-17)29-11-10-26-24(29)33-15-22(30)28-19-6-3-5-18(25)13-19/h2-13H,14-15H2,1H3,(H,27,31)(H,28,30). The molecule has 0 saturated carbocycles. The predicted molar refractivity (Wildman–Crippen MR) is 129 cm³/mol. The summed E-state index contributed by atoms with van der Waals surface area (Å²) in [6.07, 6.45) is 3.45. The topological polar surface area (TPSA) is 89.2 Å². The largest absolute Gasteiger partial charge is 0.465 e. The van der Waals surface area contributed by atoms with Crippen LogP contribution in [0.5, 0.6) is 0 Å². The Hall–Kier alpha value is -3.49. The third kappa shape index (κ3) is 6.06. The van der Waals surface area contributed by atoms with Gasteiger partial charge in [-0.3, -0.25) is 14.2 Å². The first kappa shape index (κ1) is 22.7. The predicted octanol–water partition coefficient (Wildman–Crippen LogP) is 5.09. The van der Waals surface area contributed by atoms with E-state index in [0.717, 1.165) is 11.4 Å². The molecule has 168 valence electrons. The molecule has 9 heteroatoms. The van der Waals surface area contributed by atoms with Gasteiger partial charge >= 0.3 is 0 Å². The molecular formula is C24H21ClN4O3S. The van der Waals surface area contributed by atoms with E-state index in [1.165, 1.54) is 11.8 Å². The van der Waals surface area contributed by atoms with Gasteiger partial charge in [0.25, 0.3) is 5.91 Å². The van der Waals surface area contributed by atoms with Gasteiger partial charge in [-0.1, -0.05) is 35.5 Å². The Morgan fingerprint density at radius 1 is 1.12 bits per heavy atom. The number of nitrogens with one attached hydrogen (secondary N) is 2. The molecule has 0 unspecified atom stereocenters. The number of carbonyl (C=O) groups is 2. The molecule has 2 amide bonds. The lowest BCUT2D eigenvalue weighted by atomic mass is 10.2. The minimum absolute atomic E-state index is 0.168. The summed E-state index contributed by atoms with van der Waals surface area (Å²) >= 11 is 7.26. The zero-order valence-electron chi connectivity index (χ0n) is 17.7. The number of furan rings is 1. The number of rotatable bonds is 8. The number of halogens is 1. The van der Waals surface area contributed by atoms with E-state index in [4.69, 9.17) is 16.0 Å². The highest BCUT2D eigenvalue weighted by Gasteiger charge is 2.12. The zero-order valence-corrected chi connectivity index (χ0v) is 19.3. The Kier molecular flexibility index (Phi) is 7.16. The molecule has 2 N–H and O–H groups in total. The number of hydrogen-bond acceptors (Lipinski definition) is 5. The fraction of sp³-hybridized carbons (Fsp3) is 0.125. The molecule has 0 radical (unpaired) electrons. The third-order valence-corrected chi connectivity index (χ3v) is 5.86. The number of aromatic nitrogens is 2. The summed E-state index contributed by atoms with van der Waals surface area (Å²) in [5, 5.41) is 6.87. The molecule has 0 bridgehead atoms. The number of imidazole rings is 1. The lowest BCUT2D eigenvalue weighted by Crippen LogP contribution is -2.22. The van der Waals surface area contributed by atoms with Crippen molar-refractivity contribution in [3.05, 3.63) is 95.2 Å². The lowest BCUT2D eigenvalue weighted by molar-refractivity contribution is -0.113. The second-order valence-electron chi connectivity index (χ2n) is 7.17. The quantitative estimate of drug-likeness (QED) is 0.343. The fourth-order valence-electron chi connectivity index (χ4n) is 3.13. The first-order chi connectivity index (χ1) is 16.0. The first-order valence-corrected chi connectivity index (χ1v) is 11.5. The number of carbonyl (C=O) groups excluding carboxylic acids is 2. The lowest BCUT2D eigenvalue weighted by Gasteiger charge is -2.10. The van der Waals surface area contributed by atoms with Crippen LogP contribution in [0.3, 0.4) is 0 Å². The molecule has 0 atom stereocenters. The van der Waals surface area contributed by atoms with E-state index in [0.29, 0.717) is 33.7 Å². The minimum Gasteiger partial charge on any atom is -0.465 e. The SMILES string of the molecule is Cc1ccc(CNC(=O)c2cccc(-n3ccnc3SCC(=O)Nc3cccc(Cl)c3)c2)o1. The van der Waals surface area contributed by atoms with Gasteiger partial charge in [-0.15, -0.1) is 0 Å². The highest BCUT2D eigenvalue weighted by atomic mass is 35.5. The molecule has 2 heterocycles. The molecule has 0 spiro atoms. The van der Waals surface area contributed by atoms with E-state index < -0.39 is 0 Å². The van der Waals surface area contributed by atoms with Crippen molar-refractivity contribution in [3.8, 4) is 5.69 Å². The van der Waals surface area contributed by atoms with E-state index >= 15 is 0 Å². The number of aryl methyl sites for hydroxylation is 1. The minimum atomic E-state index is -0.207. The van der Waals surface area contributed by atoms with E-state index in [-0.39, 0.29) is 17.6 Å². The van der Waals surface area contributed by atoms with Crippen LogP contribution in [0.15, 0.2) is 82.6 Å². The Labute approximate surface area is 200 Å². The van der Waals surface area contributed by atoms with Gasteiger partial charge in [0, 0.05) is 34.4 Å². The Morgan fingerprint density at radius 3 is 2.76 bits per heavy atom. The Bertz CT molecular complexity index is 1280. The fourth-order valence-corrected chi connectivity index (χ4v) is 4.10. The molecule has 2 aromatic carbocycles. The van der Waals surface area contributed by atoms with Crippen molar-refractivity contribution < 1.29 is 14.0 Å². The molecule has 33 heavy (non-hydrogen) atoms. The van der Waals surface area contributed by atoms with Crippen LogP contribution >= 0.6 is 23.4 Å². The maximum absolute atomic E-state index is 12.6. The average molecular weight is 481 g/mol. The number of nitrogens with zero attached hydrogens (tertiary/aromatic N) is 2. The molecule has 7 nitrogen and oxygen atoms in total. The summed E-state index contributed by atoms with van der Waals surface area (Å²) in [4.78, 5) is 29.3. The van der Waals surface area contributed by atoms with Crippen LogP contribution in [-0.2, 0) is 11.3 Å². The number of thioether (sulfide) groups is 1. The van der Waals surface area contributed by atoms with Crippen LogP contribution in [0, 0.1) is 6.92 Å². The Morgan fingerprint density at radius 2 is 1.97 bits per heavy atom. The number of anilines is 1. The van der Waals surface area contributed by atoms with Crippen molar-refractivity contribution in [2.45, 2.75) is 18.6 Å². The first-order valence-electron chi connectivity index (χ1n) is 10.1. The van der Waals surface area contributed by atoms with Gasteiger partial charge in [-0.2, -0.15) is 0 Å². The molecule has 4 aromatic rings. The molecule has 0 aliphatic carbocycles. The van der Waals surface area contributed by atoms with Crippen LogP contribution in [-0.4, -0.2) is 27.1 Å². The van der Waals surface area contributed by atoms with E-state index in [1.807, 2.05) is 35.8 Å². The highest BCUT2D eigenvalue weighted by Crippen LogP contribution is 2.22. The highest BCUT2D eigenvalue weighted by molar-refractivity contribution is 7.99. The van der Waals surface area contributed by atoms with Crippen molar-refractivity contribution in [1.29, 1.82) is 0 Å².